The summed E-state index contributed by atoms with van der Waals surface area (Å²) in [4.78, 5) is 21.1. The second-order valence-electron chi connectivity index (χ2n) is 7.89. The predicted molar refractivity (Wildman–Crippen MR) is 123 cm³/mol. The molecule has 1 amide bonds. The molecule has 2 aromatic carbocycles. The lowest BCUT2D eigenvalue weighted by Crippen LogP contribution is -2.47. The number of hydrogen-bond acceptors (Lipinski definition) is 5. The Kier molecular flexibility index (Phi) is 6.76. The molecule has 1 aliphatic heterocycles. The lowest BCUT2D eigenvalue weighted by Gasteiger charge is -2.32. The van der Waals surface area contributed by atoms with Gasteiger partial charge in [0, 0.05) is 49.1 Å². The summed E-state index contributed by atoms with van der Waals surface area (Å²) in [7, 11) is 2.03. The van der Waals surface area contributed by atoms with Crippen molar-refractivity contribution in [3.63, 3.8) is 0 Å². The van der Waals surface area contributed by atoms with Crippen LogP contribution < -0.4 is 10.5 Å². The largest absolute Gasteiger partial charge is 0.485 e. The fourth-order valence-electron chi connectivity index (χ4n) is 3.60. The fourth-order valence-corrected chi connectivity index (χ4v) is 3.81. The average Bonchev–Trinajstić information content (AvgIpc) is 2.82. The van der Waals surface area contributed by atoms with Gasteiger partial charge in [-0.05, 0) is 42.9 Å². The molecule has 33 heavy (non-hydrogen) atoms. The molecule has 0 atom stereocenters. The van der Waals surface area contributed by atoms with Crippen LogP contribution in [-0.2, 0) is 6.61 Å². The van der Waals surface area contributed by atoms with Gasteiger partial charge in [-0.15, -0.1) is 0 Å². The number of hydrogen-bond donors (Lipinski definition) is 1. The number of anilines is 1. The van der Waals surface area contributed by atoms with Crippen LogP contribution in [-0.4, -0.2) is 53.9 Å². The van der Waals surface area contributed by atoms with Crippen LogP contribution in [0.2, 0.25) is 5.02 Å². The van der Waals surface area contributed by atoms with E-state index in [9.17, 15) is 13.6 Å². The van der Waals surface area contributed by atoms with Crippen LogP contribution in [0.25, 0.3) is 11.1 Å². The third-order valence-electron chi connectivity index (χ3n) is 5.63. The van der Waals surface area contributed by atoms with Crippen molar-refractivity contribution in [2.75, 3.05) is 39.0 Å². The van der Waals surface area contributed by atoms with Gasteiger partial charge in [-0.1, -0.05) is 23.7 Å². The minimum Gasteiger partial charge on any atom is -0.485 e. The van der Waals surface area contributed by atoms with Crippen LogP contribution in [0.1, 0.15) is 15.9 Å². The van der Waals surface area contributed by atoms with E-state index in [-0.39, 0.29) is 34.7 Å². The Bertz CT molecular complexity index is 1180. The molecular formula is C24H23ClF2N4O2. The Morgan fingerprint density at radius 1 is 1.09 bits per heavy atom. The molecule has 1 saturated heterocycles. The number of halogens is 3. The number of carbonyl (C=O) groups excluding carboxylic acids is 1. The van der Waals surface area contributed by atoms with Gasteiger partial charge >= 0.3 is 0 Å². The summed E-state index contributed by atoms with van der Waals surface area (Å²) in [6.07, 6.45) is 1.57. The minimum absolute atomic E-state index is 0.0268. The SMILES string of the molecule is CN1CCN(C(=O)c2cccc(-c3cnc(N)c(OCc4c(F)ccc(F)c4Cl)c3)c2)CC1. The van der Waals surface area contributed by atoms with E-state index in [1.807, 2.05) is 18.0 Å². The molecule has 6 nitrogen and oxygen atoms in total. The number of nitrogen functional groups attached to an aromatic ring is 1. The fraction of sp³-hybridized carbons (Fsp3) is 0.250. The molecule has 1 fully saturated rings. The summed E-state index contributed by atoms with van der Waals surface area (Å²) in [5, 5.41) is -0.340. The van der Waals surface area contributed by atoms with E-state index < -0.39 is 11.6 Å². The molecule has 0 unspecified atom stereocenters. The Balaban J connectivity index is 1.55. The second-order valence-corrected chi connectivity index (χ2v) is 8.27. The van der Waals surface area contributed by atoms with Gasteiger partial charge in [-0.3, -0.25) is 4.79 Å². The topological polar surface area (TPSA) is 71.7 Å². The van der Waals surface area contributed by atoms with E-state index in [4.69, 9.17) is 22.1 Å². The zero-order valence-corrected chi connectivity index (χ0v) is 18.8. The first kappa shape index (κ1) is 22.9. The molecule has 0 saturated carbocycles. The van der Waals surface area contributed by atoms with E-state index in [1.165, 1.54) is 0 Å². The number of rotatable bonds is 5. The van der Waals surface area contributed by atoms with E-state index in [2.05, 4.69) is 9.88 Å². The summed E-state index contributed by atoms with van der Waals surface area (Å²) in [6, 6.07) is 10.8. The summed E-state index contributed by atoms with van der Waals surface area (Å²) >= 11 is 5.87. The quantitative estimate of drug-likeness (QED) is 0.563. The summed E-state index contributed by atoms with van der Waals surface area (Å²) in [5.74, 6) is -1.15. The van der Waals surface area contributed by atoms with Crippen molar-refractivity contribution in [1.29, 1.82) is 0 Å². The van der Waals surface area contributed by atoms with E-state index >= 15 is 0 Å². The maximum atomic E-state index is 14.1. The zero-order chi connectivity index (χ0) is 23.5. The van der Waals surface area contributed by atoms with Crippen LogP contribution in [0, 0.1) is 11.6 Å². The maximum absolute atomic E-state index is 14.1. The zero-order valence-electron chi connectivity index (χ0n) is 18.0. The molecule has 0 aliphatic carbocycles. The highest BCUT2D eigenvalue weighted by Gasteiger charge is 2.21. The number of carbonyl (C=O) groups is 1. The van der Waals surface area contributed by atoms with E-state index in [0.717, 1.165) is 30.8 Å². The Morgan fingerprint density at radius 3 is 2.58 bits per heavy atom. The number of aromatic nitrogens is 1. The lowest BCUT2D eigenvalue weighted by molar-refractivity contribution is 0.0664. The van der Waals surface area contributed by atoms with Crippen LogP contribution in [0.4, 0.5) is 14.6 Å². The van der Waals surface area contributed by atoms with Gasteiger partial charge in [0.25, 0.3) is 5.91 Å². The molecule has 1 aromatic heterocycles. The van der Waals surface area contributed by atoms with Gasteiger partial charge in [0.15, 0.2) is 11.6 Å². The minimum atomic E-state index is -0.738. The van der Waals surface area contributed by atoms with Crippen LogP contribution in [0.3, 0.4) is 0 Å². The van der Waals surface area contributed by atoms with Crippen molar-refractivity contribution < 1.29 is 18.3 Å². The molecular weight excluding hydrogens is 450 g/mol. The van der Waals surface area contributed by atoms with E-state index in [1.54, 1.807) is 30.5 Å². The Morgan fingerprint density at radius 2 is 1.82 bits per heavy atom. The summed E-state index contributed by atoms with van der Waals surface area (Å²) in [6.45, 7) is 2.72. The number of ether oxygens (including phenoxy) is 1. The standard InChI is InChI=1S/C24H23ClF2N4O2/c1-30-7-9-31(10-8-30)24(32)16-4-2-3-15(11-16)17-12-21(23(28)29-13-17)33-14-18-19(26)5-6-20(27)22(18)25/h2-6,11-13H,7-10,14H2,1H3,(H2,28,29). The number of piperazine rings is 1. The van der Waals surface area contributed by atoms with Crippen LogP contribution >= 0.6 is 11.6 Å². The highest BCUT2D eigenvalue weighted by Crippen LogP contribution is 2.30. The maximum Gasteiger partial charge on any atom is 0.253 e. The Hall–Kier alpha value is -3.23. The molecule has 4 rings (SSSR count). The second kappa shape index (κ2) is 9.72. The smallest absolute Gasteiger partial charge is 0.253 e. The van der Waals surface area contributed by atoms with Gasteiger partial charge in [-0.2, -0.15) is 0 Å². The third kappa shape index (κ3) is 5.07. The highest BCUT2D eigenvalue weighted by molar-refractivity contribution is 6.31. The number of nitrogens with two attached hydrogens (primary N) is 1. The van der Waals surface area contributed by atoms with Crippen molar-refractivity contribution in [1.82, 2.24) is 14.8 Å². The van der Waals surface area contributed by atoms with Crippen LogP contribution in [0.15, 0.2) is 48.7 Å². The van der Waals surface area contributed by atoms with Crippen molar-refractivity contribution in [3.05, 3.63) is 76.4 Å². The first-order valence-electron chi connectivity index (χ1n) is 10.4. The van der Waals surface area contributed by atoms with E-state index in [0.29, 0.717) is 24.2 Å². The Labute approximate surface area is 195 Å². The third-order valence-corrected chi connectivity index (χ3v) is 6.03. The molecule has 3 aromatic rings. The summed E-state index contributed by atoms with van der Waals surface area (Å²) < 4.78 is 33.4. The van der Waals surface area contributed by atoms with Gasteiger partial charge < -0.3 is 20.3 Å². The van der Waals surface area contributed by atoms with Crippen molar-refractivity contribution in [3.8, 4) is 16.9 Å². The number of pyridine rings is 1. The monoisotopic (exact) mass is 472 g/mol. The number of nitrogens with zero attached hydrogens (tertiary/aromatic N) is 3. The van der Waals surface area contributed by atoms with Gasteiger partial charge in [0.2, 0.25) is 0 Å². The average molecular weight is 473 g/mol. The first-order valence-corrected chi connectivity index (χ1v) is 10.8. The summed E-state index contributed by atoms with van der Waals surface area (Å²) in [5.41, 5.74) is 7.80. The molecule has 172 valence electrons. The molecule has 9 heteroatoms. The molecule has 1 aliphatic rings. The van der Waals surface area contributed by atoms with Gasteiger partial charge in [-0.25, -0.2) is 13.8 Å². The van der Waals surface area contributed by atoms with Gasteiger partial charge in [0.1, 0.15) is 18.2 Å². The molecule has 0 bridgehead atoms. The van der Waals surface area contributed by atoms with Gasteiger partial charge in [0.05, 0.1) is 5.02 Å². The van der Waals surface area contributed by atoms with Crippen molar-refractivity contribution in [2.45, 2.75) is 6.61 Å². The number of benzene rings is 2. The number of likely N-dealkylation sites (N-methyl/N-ethyl adjacent to an activating group) is 1. The van der Waals surface area contributed by atoms with Crippen molar-refractivity contribution >= 4 is 23.3 Å². The lowest BCUT2D eigenvalue weighted by atomic mass is 10.0. The molecule has 0 radical (unpaired) electrons. The highest BCUT2D eigenvalue weighted by atomic mass is 35.5. The predicted octanol–water partition coefficient (Wildman–Crippen LogP) is 4.23. The molecule has 2 N–H and O–H groups in total. The van der Waals surface area contributed by atoms with Crippen molar-refractivity contribution in [2.24, 2.45) is 0 Å². The normalized spacial score (nSPS) is 14.4. The molecule has 0 spiro atoms. The first-order chi connectivity index (χ1) is 15.8. The molecule has 2 heterocycles. The van der Waals surface area contributed by atoms with Crippen LogP contribution in [0.5, 0.6) is 5.75 Å². The number of amides is 1.